The van der Waals surface area contributed by atoms with Crippen molar-refractivity contribution in [3.63, 3.8) is 0 Å². The van der Waals surface area contributed by atoms with Crippen LogP contribution < -0.4 is 10.6 Å². The van der Waals surface area contributed by atoms with Crippen LogP contribution in [0.3, 0.4) is 0 Å². The first-order valence-electron chi connectivity index (χ1n) is 7.98. The van der Waals surface area contributed by atoms with Gasteiger partial charge in [0.15, 0.2) is 0 Å². The molecule has 0 aromatic rings. The molecule has 5 heteroatoms. The quantitative estimate of drug-likeness (QED) is 0.746. The summed E-state index contributed by atoms with van der Waals surface area (Å²) in [4.78, 5) is 23.4. The number of urea groups is 1. The van der Waals surface area contributed by atoms with E-state index in [1.165, 1.54) is 25.7 Å². The predicted molar refractivity (Wildman–Crippen MR) is 80.9 cm³/mol. The summed E-state index contributed by atoms with van der Waals surface area (Å²) in [6.45, 7) is 7.47. The fourth-order valence-corrected chi connectivity index (χ4v) is 4.04. The summed E-state index contributed by atoms with van der Waals surface area (Å²) in [5.41, 5.74) is -0.515. The Balaban J connectivity index is 1.87. The van der Waals surface area contributed by atoms with Gasteiger partial charge in [0.1, 0.15) is 6.04 Å². The van der Waals surface area contributed by atoms with Gasteiger partial charge in [-0.25, -0.2) is 9.59 Å². The summed E-state index contributed by atoms with van der Waals surface area (Å²) < 4.78 is 0. The monoisotopic (exact) mass is 296 g/mol. The molecule has 2 fully saturated rings. The molecular weight excluding hydrogens is 268 g/mol. The minimum atomic E-state index is -0.995. The Hall–Kier alpha value is -1.26. The van der Waals surface area contributed by atoms with E-state index in [0.717, 1.165) is 11.8 Å². The van der Waals surface area contributed by atoms with E-state index < -0.39 is 17.4 Å². The van der Waals surface area contributed by atoms with Crippen molar-refractivity contribution in [1.82, 2.24) is 10.6 Å². The van der Waals surface area contributed by atoms with Gasteiger partial charge in [0.25, 0.3) is 0 Å². The lowest BCUT2D eigenvalue weighted by Crippen LogP contribution is -2.54. The van der Waals surface area contributed by atoms with Crippen LogP contribution in [0.1, 0.15) is 53.4 Å². The number of nitrogens with one attached hydrogen (secondary N) is 2. The van der Waals surface area contributed by atoms with Gasteiger partial charge in [-0.3, -0.25) is 0 Å². The summed E-state index contributed by atoms with van der Waals surface area (Å²) >= 11 is 0. The molecule has 2 amide bonds. The highest BCUT2D eigenvalue weighted by atomic mass is 16.4. The Morgan fingerprint density at radius 2 is 1.81 bits per heavy atom. The molecule has 0 radical (unpaired) electrons. The molecule has 2 bridgehead atoms. The lowest BCUT2D eigenvalue weighted by atomic mass is 9.84. The average Bonchev–Trinajstić information content (AvgIpc) is 2.96. The maximum absolute atomic E-state index is 12.1. The molecule has 0 saturated heterocycles. The van der Waals surface area contributed by atoms with Crippen molar-refractivity contribution < 1.29 is 14.7 Å². The van der Waals surface area contributed by atoms with E-state index >= 15 is 0 Å². The maximum Gasteiger partial charge on any atom is 0.326 e. The maximum atomic E-state index is 12.1. The van der Waals surface area contributed by atoms with E-state index in [-0.39, 0.29) is 12.1 Å². The molecule has 120 valence electrons. The molecule has 0 spiro atoms. The minimum Gasteiger partial charge on any atom is -0.480 e. The van der Waals surface area contributed by atoms with Gasteiger partial charge in [0, 0.05) is 6.04 Å². The zero-order valence-electron chi connectivity index (χ0n) is 13.5. The number of carbonyl (C=O) groups is 2. The molecule has 21 heavy (non-hydrogen) atoms. The molecule has 5 atom stereocenters. The van der Waals surface area contributed by atoms with Crippen LogP contribution >= 0.6 is 0 Å². The first kappa shape index (κ1) is 16.1. The number of fused-ring (bicyclic) bond motifs is 2. The highest BCUT2D eigenvalue weighted by Crippen LogP contribution is 2.49. The molecule has 2 aliphatic carbocycles. The fourth-order valence-electron chi connectivity index (χ4n) is 4.04. The highest BCUT2D eigenvalue weighted by Gasteiger charge is 2.42. The number of rotatable bonds is 4. The Kier molecular flexibility index (Phi) is 4.49. The molecular formula is C16H28N2O3. The van der Waals surface area contributed by atoms with Crippen molar-refractivity contribution in [2.24, 2.45) is 23.2 Å². The largest absolute Gasteiger partial charge is 0.480 e. The zero-order valence-corrected chi connectivity index (χ0v) is 13.5. The third-order valence-electron chi connectivity index (χ3n) is 5.18. The second kappa shape index (κ2) is 5.85. The summed E-state index contributed by atoms with van der Waals surface area (Å²) in [7, 11) is 0. The van der Waals surface area contributed by atoms with E-state index in [1.54, 1.807) is 0 Å². The van der Waals surface area contributed by atoms with Gasteiger partial charge in [0.05, 0.1) is 0 Å². The number of carboxylic acids is 1. The van der Waals surface area contributed by atoms with Gasteiger partial charge in [-0.15, -0.1) is 0 Å². The second-order valence-electron chi connectivity index (χ2n) is 7.88. The second-order valence-corrected chi connectivity index (χ2v) is 7.88. The molecule has 0 aromatic heterocycles. The standard InChI is InChI=1S/C16H28N2O3/c1-9(12-8-10-5-6-11(12)7-10)17-15(21)18-13(14(19)20)16(2,3)4/h9-13H,5-8H2,1-4H3,(H,19,20)(H2,17,18,21)/t9?,10?,11?,12?,13-/m0/s1. The lowest BCUT2D eigenvalue weighted by Gasteiger charge is -2.31. The molecule has 2 saturated carbocycles. The normalized spacial score (nSPS) is 30.8. The van der Waals surface area contributed by atoms with E-state index in [4.69, 9.17) is 0 Å². The van der Waals surface area contributed by atoms with Crippen LogP contribution in [-0.2, 0) is 4.79 Å². The fraction of sp³-hybridized carbons (Fsp3) is 0.875. The number of hydrogen-bond acceptors (Lipinski definition) is 2. The molecule has 2 rings (SSSR count). The molecule has 5 nitrogen and oxygen atoms in total. The van der Waals surface area contributed by atoms with E-state index in [0.29, 0.717) is 5.92 Å². The van der Waals surface area contributed by atoms with Crippen molar-refractivity contribution in [1.29, 1.82) is 0 Å². The van der Waals surface area contributed by atoms with Gasteiger partial charge in [0.2, 0.25) is 0 Å². The van der Waals surface area contributed by atoms with Crippen LogP contribution in [0.4, 0.5) is 4.79 Å². The molecule has 4 unspecified atom stereocenters. The first-order chi connectivity index (χ1) is 9.68. The van der Waals surface area contributed by atoms with Crippen LogP contribution in [0.15, 0.2) is 0 Å². The minimum absolute atomic E-state index is 0.106. The van der Waals surface area contributed by atoms with Crippen LogP contribution in [-0.4, -0.2) is 29.2 Å². The van der Waals surface area contributed by atoms with Crippen LogP contribution in [0, 0.1) is 23.2 Å². The van der Waals surface area contributed by atoms with Crippen LogP contribution in [0.2, 0.25) is 0 Å². The summed E-state index contributed by atoms with van der Waals surface area (Å²) in [5, 5.41) is 14.8. The van der Waals surface area contributed by atoms with E-state index in [2.05, 4.69) is 10.6 Å². The summed E-state index contributed by atoms with van der Waals surface area (Å²) in [6.07, 6.45) is 5.12. The Morgan fingerprint density at radius 1 is 1.14 bits per heavy atom. The van der Waals surface area contributed by atoms with Gasteiger partial charge >= 0.3 is 12.0 Å². The number of carboxylic acid groups (broad SMARTS) is 1. The Bertz CT molecular complexity index is 416. The van der Waals surface area contributed by atoms with Crippen molar-refractivity contribution in [3.8, 4) is 0 Å². The van der Waals surface area contributed by atoms with Crippen molar-refractivity contribution >= 4 is 12.0 Å². The Labute approximate surface area is 126 Å². The molecule has 0 heterocycles. The van der Waals surface area contributed by atoms with Gasteiger partial charge in [-0.2, -0.15) is 0 Å². The lowest BCUT2D eigenvalue weighted by molar-refractivity contribution is -0.141. The van der Waals surface area contributed by atoms with Gasteiger partial charge < -0.3 is 15.7 Å². The van der Waals surface area contributed by atoms with E-state index in [9.17, 15) is 14.7 Å². The predicted octanol–water partition coefficient (Wildman–Crippen LogP) is 2.61. The molecule has 0 aliphatic heterocycles. The van der Waals surface area contributed by atoms with Gasteiger partial charge in [-0.1, -0.05) is 27.2 Å². The van der Waals surface area contributed by atoms with Gasteiger partial charge in [-0.05, 0) is 49.4 Å². The van der Waals surface area contributed by atoms with Crippen LogP contribution in [0.25, 0.3) is 0 Å². The van der Waals surface area contributed by atoms with Crippen molar-refractivity contribution in [2.45, 2.75) is 65.5 Å². The number of hydrogen-bond donors (Lipinski definition) is 3. The SMILES string of the molecule is CC(NC(=O)N[C@@H](C(=O)O)C(C)(C)C)C1CC2CCC1C2. The topological polar surface area (TPSA) is 78.4 Å². The number of amides is 2. The average molecular weight is 296 g/mol. The van der Waals surface area contributed by atoms with E-state index in [1.807, 2.05) is 27.7 Å². The molecule has 3 N–H and O–H groups in total. The molecule has 2 aliphatic rings. The highest BCUT2D eigenvalue weighted by molar-refractivity contribution is 5.83. The number of aliphatic carboxylic acids is 1. The summed E-state index contributed by atoms with van der Waals surface area (Å²) in [5.74, 6) is 1.13. The Morgan fingerprint density at radius 3 is 2.24 bits per heavy atom. The summed E-state index contributed by atoms with van der Waals surface area (Å²) in [6, 6.07) is -1.15. The third-order valence-corrected chi connectivity index (χ3v) is 5.18. The van der Waals surface area contributed by atoms with Crippen LogP contribution in [0.5, 0.6) is 0 Å². The first-order valence-corrected chi connectivity index (χ1v) is 7.98. The zero-order chi connectivity index (χ0) is 15.8. The third kappa shape index (κ3) is 3.69. The number of carbonyl (C=O) groups excluding carboxylic acids is 1. The van der Waals surface area contributed by atoms with Crippen molar-refractivity contribution in [2.75, 3.05) is 0 Å². The smallest absolute Gasteiger partial charge is 0.326 e. The molecule has 0 aromatic carbocycles. The van der Waals surface area contributed by atoms with Crippen molar-refractivity contribution in [3.05, 3.63) is 0 Å².